The van der Waals surface area contributed by atoms with Crippen LogP contribution in [-0.2, 0) is 0 Å². The molecule has 1 aromatic carbocycles. The van der Waals surface area contributed by atoms with Crippen LogP contribution in [0.2, 0.25) is 4.47 Å². The van der Waals surface area contributed by atoms with Gasteiger partial charge in [-0.1, -0.05) is 22.9 Å². The standard InChI is InChI=1S/C9H8ClNO2S/c1-12-6-4-3-5-8(7(6)13-2)14-9(10)11-5/h3-4H,1-2H3. The van der Waals surface area contributed by atoms with Crippen LogP contribution in [0.4, 0.5) is 0 Å². The van der Waals surface area contributed by atoms with Gasteiger partial charge in [-0.15, -0.1) is 0 Å². The molecule has 0 unspecified atom stereocenters. The Bertz CT molecular complexity index is 469. The van der Waals surface area contributed by atoms with Crippen LogP contribution in [0.3, 0.4) is 0 Å². The van der Waals surface area contributed by atoms with Gasteiger partial charge in [-0.05, 0) is 12.1 Å². The third-order valence-corrected chi connectivity index (χ3v) is 3.05. The van der Waals surface area contributed by atoms with Crippen molar-refractivity contribution >= 4 is 33.2 Å². The van der Waals surface area contributed by atoms with Gasteiger partial charge in [0, 0.05) is 0 Å². The largest absolute Gasteiger partial charge is 0.493 e. The van der Waals surface area contributed by atoms with Crippen molar-refractivity contribution in [1.29, 1.82) is 0 Å². The molecule has 1 aromatic heterocycles. The number of ether oxygens (including phenoxy) is 2. The lowest BCUT2D eigenvalue weighted by molar-refractivity contribution is 0.359. The Labute approximate surface area is 90.2 Å². The highest BCUT2D eigenvalue weighted by Gasteiger charge is 2.12. The summed E-state index contributed by atoms with van der Waals surface area (Å²) in [5.41, 5.74) is 0.831. The topological polar surface area (TPSA) is 31.4 Å². The van der Waals surface area contributed by atoms with Crippen LogP contribution in [-0.4, -0.2) is 19.2 Å². The molecule has 0 saturated carbocycles. The maximum absolute atomic E-state index is 5.82. The zero-order valence-corrected chi connectivity index (χ0v) is 9.28. The van der Waals surface area contributed by atoms with Crippen molar-refractivity contribution < 1.29 is 9.47 Å². The van der Waals surface area contributed by atoms with Gasteiger partial charge >= 0.3 is 0 Å². The van der Waals surface area contributed by atoms with Gasteiger partial charge < -0.3 is 9.47 Å². The van der Waals surface area contributed by atoms with E-state index in [-0.39, 0.29) is 0 Å². The summed E-state index contributed by atoms with van der Waals surface area (Å²) in [6.45, 7) is 0. The number of hydrogen-bond acceptors (Lipinski definition) is 4. The Kier molecular flexibility index (Phi) is 2.48. The number of benzene rings is 1. The maximum atomic E-state index is 5.82. The van der Waals surface area contributed by atoms with Gasteiger partial charge in [0.1, 0.15) is 4.70 Å². The molecule has 3 nitrogen and oxygen atoms in total. The smallest absolute Gasteiger partial charge is 0.184 e. The zero-order chi connectivity index (χ0) is 10.1. The summed E-state index contributed by atoms with van der Waals surface area (Å²) in [5, 5.41) is 0. The third kappa shape index (κ3) is 1.40. The minimum Gasteiger partial charge on any atom is -0.493 e. The van der Waals surface area contributed by atoms with E-state index >= 15 is 0 Å². The van der Waals surface area contributed by atoms with Gasteiger partial charge in [0.25, 0.3) is 0 Å². The first-order valence-electron chi connectivity index (χ1n) is 3.93. The number of fused-ring (bicyclic) bond motifs is 1. The van der Waals surface area contributed by atoms with E-state index in [0.29, 0.717) is 16.0 Å². The Morgan fingerprint density at radius 1 is 1.29 bits per heavy atom. The zero-order valence-electron chi connectivity index (χ0n) is 7.70. The van der Waals surface area contributed by atoms with E-state index in [4.69, 9.17) is 21.1 Å². The second-order valence-electron chi connectivity index (χ2n) is 2.62. The average molecular weight is 230 g/mol. The summed E-state index contributed by atoms with van der Waals surface area (Å²) in [4.78, 5) is 4.15. The highest BCUT2D eigenvalue weighted by atomic mass is 35.5. The van der Waals surface area contributed by atoms with Crippen LogP contribution in [0.5, 0.6) is 11.5 Å². The van der Waals surface area contributed by atoms with Gasteiger partial charge in [0.15, 0.2) is 16.0 Å². The number of nitrogens with zero attached hydrogens (tertiary/aromatic N) is 1. The molecule has 1 heterocycles. The van der Waals surface area contributed by atoms with Gasteiger partial charge in [0.05, 0.1) is 19.7 Å². The summed E-state index contributed by atoms with van der Waals surface area (Å²) in [7, 11) is 3.21. The Morgan fingerprint density at radius 2 is 2.07 bits per heavy atom. The van der Waals surface area contributed by atoms with E-state index in [1.807, 2.05) is 12.1 Å². The molecule has 0 radical (unpaired) electrons. The van der Waals surface area contributed by atoms with Crippen molar-refractivity contribution in [3.05, 3.63) is 16.6 Å². The van der Waals surface area contributed by atoms with Crippen LogP contribution in [0, 0.1) is 0 Å². The van der Waals surface area contributed by atoms with Crippen LogP contribution < -0.4 is 9.47 Å². The van der Waals surface area contributed by atoms with Crippen LogP contribution >= 0.6 is 22.9 Å². The molecule has 74 valence electrons. The molecule has 0 bridgehead atoms. The highest BCUT2D eigenvalue weighted by Crippen LogP contribution is 2.39. The van der Waals surface area contributed by atoms with E-state index in [1.54, 1.807) is 14.2 Å². The molecule has 2 aromatic rings. The van der Waals surface area contributed by atoms with Crippen molar-refractivity contribution in [3.8, 4) is 11.5 Å². The summed E-state index contributed by atoms with van der Waals surface area (Å²) in [6.07, 6.45) is 0. The normalized spacial score (nSPS) is 10.5. The summed E-state index contributed by atoms with van der Waals surface area (Å²) in [6, 6.07) is 3.68. The summed E-state index contributed by atoms with van der Waals surface area (Å²) >= 11 is 7.20. The number of halogens is 1. The maximum Gasteiger partial charge on any atom is 0.184 e. The van der Waals surface area contributed by atoms with Crippen LogP contribution in [0.15, 0.2) is 12.1 Å². The molecule has 0 atom stereocenters. The van der Waals surface area contributed by atoms with Crippen molar-refractivity contribution in [1.82, 2.24) is 4.98 Å². The van der Waals surface area contributed by atoms with Crippen molar-refractivity contribution in [2.75, 3.05) is 14.2 Å². The molecule has 14 heavy (non-hydrogen) atoms. The molecule has 0 N–H and O–H groups in total. The number of rotatable bonds is 2. The summed E-state index contributed by atoms with van der Waals surface area (Å²) in [5.74, 6) is 1.38. The molecule has 0 amide bonds. The number of thiazole rings is 1. The third-order valence-electron chi connectivity index (χ3n) is 1.87. The van der Waals surface area contributed by atoms with E-state index < -0.39 is 0 Å². The second kappa shape index (κ2) is 3.63. The second-order valence-corrected chi connectivity index (χ2v) is 4.20. The quantitative estimate of drug-likeness (QED) is 0.794. The Balaban J connectivity index is 2.75. The van der Waals surface area contributed by atoms with Gasteiger partial charge in [-0.2, -0.15) is 0 Å². The molecule has 0 aliphatic rings. The van der Waals surface area contributed by atoms with Crippen molar-refractivity contribution in [3.63, 3.8) is 0 Å². The van der Waals surface area contributed by atoms with Gasteiger partial charge in [-0.25, -0.2) is 4.98 Å². The molecular formula is C9H8ClNO2S. The van der Waals surface area contributed by atoms with Gasteiger partial charge in [-0.3, -0.25) is 0 Å². The Hall–Kier alpha value is -1.00. The van der Waals surface area contributed by atoms with E-state index in [2.05, 4.69) is 4.98 Å². The molecular weight excluding hydrogens is 222 g/mol. The predicted octanol–water partition coefficient (Wildman–Crippen LogP) is 2.97. The molecule has 0 fully saturated rings. The average Bonchev–Trinajstić information content (AvgIpc) is 2.56. The van der Waals surface area contributed by atoms with Crippen LogP contribution in [0.1, 0.15) is 0 Å². The Morgan fingerprint density at radius 3 is 2.71 bits per heavy atom. The molecule has 0 aliphatic carbocycles. The monoisotopic (exact) mass is 229 g/mol. The van der Waals surface area contributed by atoms with E-state index in [9.17, 15) is 0 Å². The number of hydrogen-bond donors (Lipinski definition) is 0. The first-order valence-corrected chi connectivity index (χ1v) is 5.12. The number of methoxy groups -OCH3 is 2. The molecule has 0 saturated heterocycles. The van der Waals surface area contributed by atoms with E-state index in [1.165, 1.54) is 11.3 Å². The fourth-order valence-corrected chi connectivity index (χ4v) is 2.41. The van der Waals surface area contributed by atoms with Crippen LogP contribution in [0.25, 0.3) is 10.2 Å². The molecule has 0 aliphatic heterocycles. The predicted molar refractivity (Wildman–Crippen MR) is 57.7 cm³/mol. The lowest BCUT2D eigenvalue weighted by atomic mass is 10.3. The lowest BCUT2D eigenvalue weighted by Crippen LogP contribution is -1.89. The lowest BCUT2D eigenvalue weighted by Gasteiger charge is -2.06. The summed E-state index contributed by atoms with van der Waals surface area (Å²) < 4.78 is 11.8. The molecule has 5 heteroatoms. The molecule has 0 spiro atoms. The van der Waals surface area contributed by atoms with Gasteiger partial charge in [0.2, 0.25) is 0 Å². The fourth-order valence-electron chi connectivity index (χ4n) is 1.28. The number of aromatic nitrogens is 1. The first-order chi connectivity index (χ1) is 6.76. The van der Waals surface area contributed by atoms with E-state index in [0.717, 1.165) is 10.2 Å². The first kappa shape index (κ1) is 9.55. The highest BCUT2D eigenvalue weighted by molar-refractivity contribution is 7.22. The van der Waals surface area contributed by atoms with Crippen molar-refractivity contribution in [2.24, 2.45) is 0 Å². The van der Waals surface area contributed by atoms with Crippen molar-refractivity contribution in [2.45, 2.75) is 0 Å². The fraction of sp³-hybridized carbons (Fsp3) is 0.222. The minimum absolute atomic E-state index is 0.506. The molecule has 2 rings (SSSR count). The SMILES string of the molecule is COc1ccc2nc(Cl)sc2c1OC. The minimum atomic E-state index is 0.506.